The number of hydrogen-bond donors (Lipinski definition) is 1. The molecule has 1 amide bonds. The number of carbonyl (C=O) groups is 1. The van der Waals surface area contributed by atoms with E-state index in [2.05, 4.69) is 15.2 Å². The van der Waals surface area contributed by atoms with Crippen LogP contribution in [0.25, 0.3) is 0 Å². The van der Waals surface area contributed by atoms with Gasteiger partial charge in [0.15, 0.2) is 5.96 Å². The maximum atomic E-state index is 12.1. The van der Waals surface area contributed by atoms with Gasteiger partial charge in [-0.1, -0.05) is 46.0 Å². The molecule has 6 heteroatoms. The summed E-state index contributed by atoms with van der Waals surface area (Å²) in [6, 6.07) is 0.627. The summed E-state index contributed by atoms with van der Waals surface area (Å²) in [6.07, 6.45) is 8.45. The standard InChI is InChI=1S/C19H34N4O.HI/c1-14(2)18(24)22-9-11-23(12-10-22)19(20-3)21-17-13-16(17)15-7-5-4-6-8-15;/h14-17H,4-13H2,1-3H3,(H,20,21);1H. The minimum absolute atomic E-state index is 0. The van der Waals surface area contributed by atoms with E-state index in [1.165, 1.54) is 38.5 Å². The van der Waals surface area contributed by atoms with Crippen molar-refractivity contribution >= 4 is 35.8 Å². The summed E-state index contributed by atoms with van der Waals surface area (Å²) < 4.78 is 0. The van der Waals surface area contributed by atoms with Crippen LogP contribution in [0.2, 0.25) is 0 Å². The molecule has 0 bridgehead atoms. The summed E-state index contributed by atoms with van der Waals surface area (Å²) in [6.45, 7) is 7.36. The Labute approximate surface area is 170 Å². The third kappa shape index (κ3) is 5.23. The van der Waals surface area contributed by atoms with Gasteiger partial charge in [-0.25, -0.2) is 0 Å². The number of piperazine rings is 1. The highest BCUT2D eigenvalue weighted by atomic mass is 127. The normalized spacial score (nSPS) is 27.9. The molecule has 3 fully saturated rings. The van der Waals surface area contributed by atoms with Crippen molar-refractivity contribution in [1.29, 1.82) is 0 Å². The molecule has 0 radical (unpaired) electrons. The van der Waals surface area contributed by atoms with Crippen molar-refractivity contribution in [3.63, 3.8) is 0 Å². The number of rotatable bonds is 3. The first-order valence-corrected chi connectivity index (χ1v) is 9.87. The van der Waals surface area contributed by atoms with Crippen LogP contribution in [0, 0.1) is 17.8 Å². The number of halogens is 1. The number of nitrogens with one attached hydrogen (secondary N) is 1. The minimum atomic E-state index is 0. The molecule has 2 unspecified atom stereocenters. The van der Waals surface area contributed by atoms with Gasteiger partial charge < -0.3 is 15.1 Å². The van der Waals surface area contributed by atoms with Gasteiger partial charge in [-0.2, -0.15) is 0 Å². The van der Waals surface area contributed by atoms with Gasteiger partial charge in [0.1, 0.15) is 0 Å². The van der Waals surface area contributed by atoms with Crippen molar-refractivity contribution in [2.24, 2.45) is 22.7 Å². The number of hydrogen-bond acceptors (Lipinski definition) is 2. The Morgan fingerprint density at radius 1 is 1.04 bits per heavy atom. The summed E-state index contributed by atoms with van der Waals surface area (Å²) in [5.74, 6) is 3.21. The van der Waals surface area contributed by atoms with Crippen LogP contribution in [0.15, 0.2) is 4.99 Å². The molecule has 0 aromatic heterocycles. The molecule has 1 saturated heterocycles. The van der Waals surface area contributed by atoms with E-state index >= 15 is 0 Å². The zero-order chi connectivity index (χ0) is 17.1. The summed E-state index contributed by atoms with van der Waals surface area (Å²) >= 11 is 0. The van der Waals surface area contributed by atoms with Crippen LogP contribution in [0.1, 0.15) is 52.4 Å². The molecule has 0 spiro atoms. The monoisotopic (exact) mass is 462 g/mol. The second kappa shape index (κ2) is 9.42. The summed E-state index contributed by atoms with van der Waals surface area (Å²) in [4.78, 5) is 20.9. The van der Waals surface area contributed by atoms with Gasteiger partial charge in [0.25, 0.3) is 0 Å². The van der Waals surface area contributed by atoms with E-state index in [0.29, 0.717) is 6.04 Å². The first-order valence-electron chi connectivity index (χ1n) is 9.87. The Bertz CT molecular complexity index is 468. The van der Waals surface area contributed by atoms with Gasteiger partial charge in [0, 0.05) is 45.2 Å². The van der Waals surface area contributed by atoms with E-state index < -0.39 is 0 Å². The molecule has 1 aliphatic heterocycles. The molecule has 1 heterocycles. The molecule has 3 aliphatic rings. The van der Waals surface area contributed by atoms with Crippen LogP contribution in [0.4, 0.5) is 0 Å². The molecule has 0 aromatic rings. The SMILES string of the molecule is CN=C(NC1CC1C1CCCCC1)N1CCN(C(=O)C(C)C)CC1.I. The topological polar surface area (TPSA) is 47.9 Å². The Balaban J connectivity index is 0.00000225. The van der Waals surface area contributed by atoms with Crippen LogP contribution in [0.3, 0.4) is 0 Å². The Morgan fingerprint density at radius 2 is 1.64 bits per heavy atom. The number of nitrogens with zero attached hydrogens (tertiary/aromatic N) is 3. The fourth-order valence-electron chi connectivity index (χ4n) is 4.43. The van der Waals surface area contributed by atoms with Crippen molar-refractivity contribution in [3.05, 3.63) is 0 Å². The van der Waals surface area contributed by atoms with Crippen molar-refractivity contribution in [1.82, 2.24) is 15.1 Å². The molecule has 144 valence electrons. The highest BCUT2D eigenvalue weighted by Gasteiger charge is 2.44. The minimum Gasteiger partial charge on any atom is -0.353 e. The van der Waals surface area contributed by atoms with Gasteiger partial charge in [0.2, 0.25) is 5.91 Å². The Hall–Kier alpha value is -0.530. The van der Waals surface area contributed by atoms with Crippen molar-refractivity contribution in [2.45, 2.75) is 58.4 Å². The lowest BCUT2D eigenvalue weighted by Crippen LogP contribution is -2.54. The van der Waals surface area contributed by atoms with Gasteiger partial charge >= 0.3 is 0 Å². The smallest absolute Gasteiger partial charge is 0.225 e. The quantitative estimate of drug-likeness (QED) is 0.399. The number of guanidine groups is 1. The molecule has 0 aromatic carbocycles. The lowest BCUT2D eigenvalue weighted by atomic mass is 9.85. The number of carbonyl (C=O) groups excluding carboxylic acids is 1. The molecule has 2 atom stereocenters. The molecule has 5 nitrogen and oxygen atoms in total. The van der Waals surface area contributed by atoms with E-state index in [4.69, 9.17) is 0 Å². The van der Waals surface area contributed by atoms with Crippen molar-refractivity contribution < 1.29 is 4.79 Å². The predicted octanol–water partition coefficient (Wildman–Crippen LogP) is 2.95. The van der Waals surface area contributed by atoms with Crippen LogP contribution >= 0.6 is 24.0 Å². The van der Waals surface area contributed by atoms with E-state index in [-0.39, 0.29) is 35.8 Å². The van der Waals surface area contributed by atoms with E-state index in [9.17, 15) is 4.79 Å². The van der Waals surface area contributed by atoms with Crippen LogP contribution in [0.5, 0.6) is 0 Å². The van der Waals surface area contributed by atoms with Crippen LogP contribution in [-0.4, -0.2) is 60.9 Å². The highest BCUT2D eigenvalue weighted by molar-refractivity contribution is 14.0. The third-order valence-electron chi connectivity index (χ3n) is 6.01. The predicted molar refractivity (Wildman–Crippen MR) is 113 cm³/mol. The molecule has 1 N–H and O–H groups in total. The van der Waals surface area contributed by atoms with E-state index in [1.807, 2.05) is 25.8 Å². The average Bonchev–Trinajstić information content (AvgIpc) is 3.39. The molecule has 25 heavy (non-hydrogen) atoms. The first kappa shape index (κ1) is 20.8. The van der Waals surface area contributed by atoms with Crippen molar-refractivity contribution in [3.8, 4) is 0 Å². The second-order valence-electron chi connectivity index (χ2n) is 8.06. The summed E-state index contributed by atoms with van der Waals surface area (Å²) in [5, 5.41) is 3.70. The number of amides is 1. The Morgan fingerprint density at radius 3 is 2.20 bits per heavy atom. The highest BCUT2D eigenvalue weighted by Crippen LogP contribution is 2.44. The van der Waals surface area contributed by atoms with Crippen LogP contribution < -0.4 is 5.32 Å². The fraction of sp³-hybridized carbons (Fsp3) is 0.895. The zero-order valence-electron chi connectivity index (χ0n) is 16.0. The first-order chi connectivity index (χ1) is 11.6. The lowest BCUT2D eigenvalue weighted by molar-refractivity contribution is -0.135. The van der Waals surface area contributed by atoms with Gasteiger partial charge in [-0.05, 0) is 18.3 Å². The third-order valence-corrected chi connectivity index (χ3v) is 6.01. The maximum absolute atomic E-state index is 12.1. The molecule has 2 saturated carbocycles. The fourth-order valence-corrected chi connectivity index (χ4v) is 4.43. The Kier molecular flexibility index (Phi) is 7.83. The molecular weight excluding hydrogens is 427 g/mol. The number of aliphatic imine (C=N–C) groups is 1. The van der Waals surface area contributed by atoms with Gasteiger partial charge in [0.05, 0.1) is 0 Å². The van der Waals surface area contributed by atoms with Crippen molar-refractivity contribution in [2.75, 3.05) is 33.2 Å². The molecular formula is C19H35IN4O. The lowest BCUT2D eigenvalue weighted by Gasteiger charge is -2.37. The van der Waals surface area contributed by atoms with Crippen LogP contribution in [-0.2, 0) is 4.79 Å². The van der Waals surface area contributed by atoms with Gasteiger partial charge in [-0.3, -0.25) is 9.79 Å². The second-order valence-corrected chi connectivity index (χ2v) is 8.06. The van der Waals surface area contributed by atoms with E-state index in [1.54, 1.807) is 0 Å². The molecule has 2 aliphatic carbocycles. The zero-order valence-corrected chi connectivity index (χ0v) is 18.4. The molecule has 3 rings (SSSR count). The van der Waals surface area contributed by atoms with Gasteiger partial charge in [-0.15, -0.1) is 24.0 Å². The summed E-state index contributed by atoms with van der Waals surface area (Å²) in [5.41, 5.74) is 0. The maximum Gasteiger partial charge on any atom is 0.225 e. The largest absolute Gasteiger partial charge is 0.353 e. The summed E-state index contributed by atoms with van der Waals surface area (Å²) in [7, 11) is 1.88. The average molecular weight is 462 g/mol. The van der Waals surface area contributed by atoms with E-state index in [0.717, 1.165) is 44.0 Å².